The Labute approximate surface area is 56.7 Å². The van der Waals surface area contributed by atoms with Gasteiger partial charge >= 0.3 is 0 Å². The zero-order chi connectivity index (χ0) is 7.82. The molecule has 0 aliphatic heterocycles. The van der Waals surface area contributed by atoms with Gasteiger partial charge in [-0.05, 0) is 16.5 Å². The van der Waals surface area contributed by atoms with E-state index in [-0.39, 0.29) is 6.54 Å². The zero-order valence-corrected chi connectivity index (χ0v) is 5.12. The number of rotatable bonds is 4. The molecule has 0 N–H and O–H groups in total. The van der Waals surface area contributed by atoms with Crippen LogP contribution in [0.5, 0.6) is 0 Å². The first kappa shape index (κ1) is 8.16. The Hall–Kier alpha value is -1.84. The molecule has 0 amide bonds. The molecule has 0 aromatic heterocycles. The lowest BCUT2D eigenvalue weighted by molar-refractivity contribution is 0.326. The summed E-state index contributed by atoms with van der Waals surface area (Å²) in [6.07, 6.45) is 1.45. The first-order valence-electron chi connectivity index (χ1n) is 2.33. The van der Waals surface area contributed by atoms with Gasteiger partial charge in [0.2, 0.25) is 0 Å². The summed E-state index contributed by atoms with van der Waals surface area (Å²) in [4.78, 5) is 4.82. The molecule has 0 radical (unpaired) electrons. The lowest BCUT2D eigenvalue weighted by Gasteiger charge is -2.00. The van der Waals surface area contributed by atoms with Gasteiger partial charge in [-0.15, -0.1) is 11.1 Å². The zero-order valence-electron chi connectivity index (χ0n) is 5.12. The van der Waals surface area contributed by atoms with Gasteiger partial charge in [-0.3, -0.25) is 0 Å². The van der Waals surface area contributed by atoms with Crippen LogP contribution in [0.2, 0.25) is 0 Å². The highest BCUT2D eigenvalue weighted by molar-refractivity contribution is 4.69. The van der Waals surface area contributed by atoms with Gasteiger partial charge < -0.3 is 0 Å². The molecule has 0 fully saturated rings. The first-order valence-corrected chi connectivity index (χ1v) is 2.33. The lowest BCUT2D eigenvalue weighted by Crippen LogP contribution is -2.06. The number of hydrogen-bond acceptors (Lipinski definition) is 2. The average molecular weight is 139 g/mol. The maximum Gasteiger partial charge on any atom is 0.119 e. The van der Waals surface area contributed by atoms with Crippen LogP contribution in [0.3, 0.4) is 0 Å². The van der Waals surface area contributed by atoms with Crippen molar-refractivity contribution in [1.82, 2.24) is 5.12 Å². The van der Waals surface area contributed by atoms with Crippen LogP contribution in [-0.4, -0.2) is 11.7 Å². The Balaban J connectivity index is 4.08. The largest absolute Gasteiger partial charge is 0.168 e. The van der Waals surface area contributed by atoms with Gasteiger partial charge in [-0.25, -0.2) is 0 Å². The highest BCUT2D eigenvalue weighted by Crippen LogP contribution is 1.90. The maximum atomic E-state index is 7.89. The molecule has 0 saturated heterocycles. The van der Waals surface area contributed by atoms with Crippen molar-refractivity contribution < 1.29 is 0 Å². The Bertz CT molecular complexity index is 177. The molecule has 0 spiro atoms. The van der Waals surface area contributed by atoms with Crippen LogP contribution < -0.4 is 0 Å². The van der Waals surface area contributed by atoms with Gasteiger partial charge in [-0.1, -0.05) is 6.58 Å². The Kier molecular flexibility index (Phi) is 4.32. The predicted molar refractivity (Wildman–Crippen MR) is 35.2 cm³/mol. The molecule has 0 rings (SSSR count). The van der Waals surface area contributed by atoms with E-state index in [0.29, 0.717) is 0 Å². The molecule has 0 aliphatic rings. The van der Waals surface area contributed by atoms with Crippen LogP contribution in [-0.2, 0) is 0 Å². The fourth-order valence-corrected chi connectivity index (χ4v) is 0.299. The van der Waals surface area contributed by atoms with Crippen LogP contribution in [0, 0.1) is 0 Å². The van der Waals surface area contributed by atoms with E-state index in [1.807, 2.05) is 0 Å². The third-order valence-corrected chi connectivity index (χ3v) is 0.579. The second-order valence-electron chi connectivity index (χ2n) is 1.20. The summed E-state index contributed by atoms with van der Waals surface area (Å²) in [6.45, 7) is 3.56. The topological polar surface area (TPSA) is 101 Å². The van der Waals surface area contributed by atoms with Crippen LogP contribution in [0.15, 0.2) is 23.1 Å². The summed E-state index contributed by atoms with van der Waals surface area (Å²) in [5.41, 5.74) is 15.8. The second kappa shape index (κ2) is 5.30. The van der Waals surface area contributed by atoms with Crippen molar-refractivity contribution in [3.63, 3.8) is 0 Å². The van der Waals surface area contributed by atoms with E-state index < -0.39 is 0 Å². The molecule has 52 valence electrons. The van der Waals surface area contributed by atoms with E-state index in [4.69, 9.17) is 11.1 Å². The Morgan fingerprint density at radius 2 is 1.90 bits per heavy atom. The van der Waals surface area contributed by atoms with Gasteiger partial charge in [0.05, 0.1) is 0 Å². The second-order valence-corrected chi connectivity index (χ2v) is 1.20. The minimum absolute atomic E-state index is 0.203. The SMILES string of the molecule is C=CCN(N=[N+]=[N-])N=[N+]=[N-]. The molecular formula is C3H5N7. The van der Waals surface area contributed by atoms with Crippen LogP contribution in [0.4, 0.5) is 0 Å². The molecule has 10 heavy (non-hydrogen) atoms. The summed E-state index contributed by atoms with van der Waals surface area (Å²) >= 11 is 0. The Morgan fingerprint density at radius 3 is 2.20 bits per heavy atom. The standard InChI is InChI=1S/C3H5N7/c1-2-3-10(8-6-4)9-7-5/h2H,1,3H2. The van der Waals surface area contributed by atoms with Crippen molar-refractivity contribution in [3.05, 3.63) is 33.5 Å². The van der Waals surface area contributed by atoms with Crippen molar-refractivity contribution in [2.24, 2.45) is 10.4 Å². The van der Waals surface area contributed by atoms with Crippen molar-refractivity contribution in [2.45, 2.75) is 0 Å². The highest BCUT2D eigenvalue weighted by atomic mass is 15.7. The third-order valence-electron chi connectivity index (χ3n) is 0.579. The molecule has 0 heterocycles. The number of azide groups is 1. The maximum absolute atomic E-state index is 7.89. The number of nitrogens with zero attached hydrogens (tertiary/aromatic N) is 7. The van der Waals surface area contributed by atoms with E-state index >= 15 is 0 Å². The van der Waals surface area contributed by atoms with Crippen LogP contribution >= 0.6 is 0 Å². The molecule has 0 atom stereocenters. The summed E-state index contributed by atoms with van der Waals surface area (Å²) in [7, 11) is 0. The molecule has 0 aromatic carbocycles. The summed E-state index contributed by atoms with van der Waals surface area (Å²) in [5.74, 6) is 0. The normalized spacial score (nSPS) is 6.80. The highest BCUT2D eigenvalue weighted by Gasteiger charge is 1.90. The smallest absolute Gasteiger partial charge is 0.119 e. The van der Waals surface area contributed by atoms with Gasteiger partial charge in [0, 0.05) is 0 Å². The summed E-state index contributed by atoms with van der Waals surface area (Å²) in [6, 6.07) is 0. The lowest BCUT2D eigenvalue weighted by atomic mass is 10.6. The molecule has 7 heteroatoms. The molecule has 0 aliphatic carbocycles. The van der Waals surface area contributed by atoms with Gasteiger partial charge in [0.15, 0.2) is 0 Å². The van der Waals surface area contributed by atoms with Crippen molar-refractivity contribution in [1.29, 1.82) is 0 Å². The fourth-order valence-electron chi connectivity index (χ4n) is 0.299. The van der Waals surface area contributed by atoms with Crippen LogP contribution in [0.25, 0.3) is 20.9 Å². The molecule has 7 nitrogen and oxygen atoms in total. The summed E-state index contributed by atoms with van der Waals surface area (Å²) in [5, 5.41) is 6.89. The predicted octanol–water partition coefficient (Wildman–Crippen LogP) is 1.93. The molecular weight excluding hydrogens is 134 g/mol. The third kappa shape index (κ3) is 3.20. The first-order chi connectivity index (χ1) is 4.85. The fraction of sp³-hybridized carbons (Fsp3) is 0.333. The molecule has 0 saturated carbocycles. The minimum atomic E-state index is 0.203. The van der Waals surface area contributed by atoms with E-state index in [1.54, 1.807) is 0 Å². The van der Waals surface area contributed by atoms with E-state index in [2.05, 4.69) is 26.8 Å². The van der Waals surface area contributed by atoms with Crippen molar-refractivity contribution >= 4 is 0 Å². The summed E-state index contributed by atoms with van der Waals surface area (Å²) < 4.78 is 0. The quantitative estimate of drug-likeness (QED) is 0.192. The molecule has 0 aromatic rings. The van der Waals surface area contributed by atoms with Crippen LogP contribution in [0.1, 0.15) is 0 Å². The monoisotopic (exact) mass is 139 g/mol. The number of hydrogen-bond donors (Lipinski definition) is 0. The van der Waals surface area contributed by atoms with Gasteiger partial charge in [0.25, 0.3) is 0 Å². The average Bonchev–Trinajstić information content (AvgIpc) is 1.90. The Morgan fingerprint density at radius 1 is 1.40 bits per heavy atom. The van der Waals surface area contributed by atoms with E-state index in [9.17, 15) is 0 Å². The van der Waals surface area contributed by atoms with Crippen molar-refractivity contribution in [3.8, 4) is 0 Å². The van der Waals surface area contributed by atoms with Gasteiger partial charge in [-0.2, -0.15) is 14.9 Å². The van der Waals surface area contributed by atoms with Gasteiger partial charge in [0.1, 0.15) is 6.54 Å². The minimum Gasteiger partial charge on any atom is -0.168 e. The molecule has 0 bridgehead atoms. The van der Waals surface area contributed by atoms with Crippen molar-refractivity contribution in [2.75, 3.05) is 6.54 Å². The molecule has 0 unspecified atom stereocenters. The van der Waals surface area contributed by atoms with E-state index in [0.717, 1.165) is 5.12 Å². The van der Waals surface area contributed by atoms with E-state index in [1.165, 1.54) is 6.08 Å².